The monoisotopic (exact) mass is 250 g/mol. The van der Waals surface area contributed by atoms with Crippen molar-refractivity contribution in [1.29, 1.82) is 0 Å². The van der Waals surface area contributed by atoms with Crippen LogP contribution < -0.4 is 0 Å². The Hall–Kier alpha value is -1.75. The maximum absolute atomic E-state index is 12.0. The fraction of sp³-hybridized carbons (Fsp3) is 0.273. The van der Waals surface area contributed by atoms with Gasteiger partial charge in [-0.3, -0.25) is 4.79 Å². The zero-order valence-electron chi connectivity index (χ0n) is 9.30. The van der Waals surface area contributed by atoms with Crippen LogP contribution in [0.25, 0.3) is 0 Å². The molecule has 0 atom stereocenters. The Bertz CT molecular complexity index is 538. The molecule has 17 heavy (non-hydrogen) atoms. The number of aromatic nitrogens is 4. The van der Waals surface area contributed by atoms with Crippen molar-refractivity contribution < 1.29 is 4.79 Å². The van der Waals surface area contributed by atoms with Crippen LogP contribution >= 0.6 is 11.6 Å². The molecule has 0 unspecified atom stereocenters. The fourth-order valence-electron chi connectivity index (χ4n) is 1.51. The van der Waals surface area contributed by atoms with Crippen LogP contribution in [0, 0.1) is 0 Å². The first kappa shape index (κ1) is 11.7. The van der Waals surface area contributed by atoms with E-state index in [-0.39, 0.29) is 12.2 Å². The Labute approximate surface area is 103 Å². The minimum atomic E-state index is -0.0444. The molecule has 2 aromatic rings. The van der Waals surface area contributed by atoms with Crippen molar-refractivity contribution >= 4 is 17.4 Å². The number of aryl methyl sites for hydroxylation is 1. The topological polar surface area (TPSA) is 60.7 Å². The largest absolute Gasteiger partial charge is 0.294 e. The van der Waals surface area contributed by atoms with Gasteiger partial charge in [0, 0.05) is 18.3 Å². The molecule has 0 aliphatic rings. The molecule has 2 aromatic heterocycles. The number of carbonyl (C=O) groups is 1. The van der Waals surface area contributed by atoms with Gasteiger partial charge in [-0.05, 0) is 19.1 Å². The summed E-state index contributed by atoms with van der Waals surface area (Å²) in [6.07, 6.45) is 3.18. The van der Waals surface area contributed by atoms with Crippen LogP contribution in [0.1, 0.15) is 23.1 Å². The third-order valence-electron chi connectivity index (χ3n) is 2.36. The molecule has 0 saturated heterocycles. The molecule has 0 saturated carbocycles. The Morgan fingerprint density at radius 3 is 3.00 bits per heavy atom. The number of halogens is 1. The lowest BCUT2D eigenvalue weighted by molar-refractivity contribution is 0.0989. The highest BCUT2D eigenvalue weighted by atomic mass is 35.5. The van der Waals surface area contributed by atoms with Gasteiger partial charge in [-0.2, -0.15) is 5.10 Å². The van der Waals surface area contributed by atoms with E-state index in [0.717, 1.165) is 0 Å². The summed E-state index contributed by atoms with van der Waals surface area (Å²) in [5, 5.41) is 4.33. The maximum Gasteiger partial charge on any atom is 0.170 e. The number of pyridine rings is 1. The SMILES string of the molecule is CCn1ncnc1CC(=O)c1ccnc(Cl)c1. The van der Waals surface area contributed by atoms with Gasteiger partial charge in [-0.25, -0.2) is 14.6 Å². The van der Waals surface area contributed by atoms with E-state index in [4.69, 9.17) is 11.6 Å². The van der Waals surface area contributed by atoms with Gasteiger partial charge in [-0.15, -0.1) is 0 Å². The first-order valence-electron chi connectivity index (χ1n) is 5.22. The molecule has 2 heterocycles. The van der Waals surface area contributed by atoms with Crippen LogP contribution in [-0.2, 0) is 13.0 Å². The van der Waals surface area contributed by atoms with E-state index >= 15 is 0 Å². The van der Waals surface area contributed by atoms with Crippen LogP contribution in [0.4, 0.5) is 0 Å². The summed E-state index contributed by atoms with van der Waals surface area (Å²) in [4.78, 5) is 19.9. The molecule has 0 N–H and O–H groups in total. The summed E-state index contributed by atoms with van der Waals surface area (Å²) in [7, 11) is 0. The first-order valence-corrected chi connectivity index (χ1v) is 5.60. The fourth-order valence-corrected chi connectivity index (χ4v) is 1.68. The van der Waals surface area contributed by atoms with E-state index in [9.17, 15) is 4.79 Å². The molecule has 0 fully saturated rings. The summed E-state index contributed by atoms with van der Waals surface area (Å²) in [5.74, 6) is 0.613. The van der Waals surface area contributed by atoms with Gasteiger partial charge < -0.3 is 0 Å². The quantitative estimate of drug-likeness (QED) is 0.613. The smallest absolute Gasteiger partial charge is 0.170 e. The Kier molecular flexibility index (Phi) is 3.49. The number of hydrogen-bond acceptors (Lipinski definition) is 4. The Morgan fingerprint density at radius 1 is 1.47 bits per heavy atom. The molecule has 0 radical (unpaired) electrons. The molecule has 0 aliphatic carbocycles. The maximum atomic E-state index is 12.0. The average molecular weight is 251 g/mol. The normalized spacial score (nSPS) is 10.5. The number of ketones is 1. The minimum absolute atomic E-state index is 0.0444. The minimum Gasteiger partial charge on any atom is -0.294 e. The third-order valence-corrected chi connectivity index (χ3v) is 2.57. The average Bonchev–Trinajstić information content (AvgIpc) is 2.76. The van der Waals surface area contributed by atoms with Crippen molar-refractivity contribution in [3.8, 4) is 0 Å². The summed E-state index contributed by atoms with van der Waals surface area (Å²) in [5.41, 5.74) is 0.538. The molecule has 0 aliphatic heterocycles. The van der Waals surface area contributed by atoms with Crippen molar-refractivity contribution in [3.63, 3.8) is 0 Å². The van der Waals surface area contributed by atoms with E-state index in [2.05, 4.69) is 15.1 Å². The van der Waals surface area contributed by atoms with Crippen LogP contribution in [0.15, 0.2) is 24.7 Å². The molecule has 0 aromatic carbocycles. The molecular weight excluding hydrogens is 240 g/mol. The molecule has 5 nitrogen and oxygen atoms in total. The first-order chi connectivity index (χ1) is 8.20. The van der Waals surface area contributed by atoms with Gasteiger partial charge in [0.2, 0.25) is 0 Å². The Morgan fingerprint density at radius 2 is 2.29 bits per heavy atom. The van der Waals surface area contributed by atoms with Gasteiger partial charge in [0.25, 0.3) is 0 Å². The summed E-state index contributed by atoms with van der Waals surface area (Å²) in [6, 6.07) is 3.19. The van der Waals surface area contributed by atoms with E-state index in [1.807, 2.05) is 6.92 Å². The second-order valence-corrected chi connectivity index (χ2v) is 3.85. The Balaban J connectivity index is 2.17. The van der Waals surface area contributed by atoms with E-state index in [1.165, 1.54) is 12.5 Å². The van der Waals surface area contributed by atoms with Crippen molar-refractivity contribution in [3.05, 3.63) is 41.2 Å². The lowest BCUT2D eigenvalue weighted by Gasteiger charge is -2.02. The highest BCUT2D eigenvalue weighted by Gasteiger charge is 2.11. The second kappa shape index (κ2) is 5.05. The van der Waals surface area contributed by atoms with E-state index in [0.29, 0.717) is 23.1 Å². The van der Waals surface area contributed by atoms with Crippen LogP contribution in [0.2, 0.25) is 5.15 Å². The third kappa shape index (κ3) is 2.68. The molecule has 88 valence electrons. The zero-order valence-corrected chi connectivity index (χ0v) is 10.1. The van der Waals surface area contributed by atoms with E-state index < -0.39 is 0 Å². The van der Waals surface area contributed by atoms with Gasteiger partial charge >= 0.3 is 0 Å². The molecule has 0 bridgehead atoms. The number of rotatable bonds is 4. The predicted molar refractivity (Wildman–Crippen MR) is 63.0 cm³/mol. The number of Topliss-reactive ketones (excluding diaryl/α,β-unsaturated/α-hetero) is 1. The van der Waals surface area contributed by atoms with Gasteiger partial charge in [0.05, 0.1) is 6.42 Å². The lowest BCUT2D eigenvalue weighted by Crippen LogP contribution is -2.10. The number of carbonyl (C=O) groups excluding carboxylic acids is 1. The van der Waals surface area contributed by atoms with Crippen LogP contribution in [0.3, 0.4) is 0 Å². The predicted octanol–water partition coefficient (Wildman–Crippen LogP) is 1.77. The summed E-state index contributed by atoms with van der Waals surface area (Å²) >= 11 is 5.73. The molecular formula is C11H11ClN4O. The molecule has 2 rings (SSSR count). The highest BCUT2D eigenvalue weighted by molar-refractivity contribution is 6.29. The van der Waals surface area contributed by atoms with Crippen molar-refractivity contribution in [1.82, 2.24) is 19.7 Å². The van der Waals surface area contributed by atoms with E-state index in [1.54, 1.807) is 16.8 Å². The molecule has 0 amide bonds. The summed E-state index contributed by atoms with van der Waals surface area (Å²) < 4.78 is 1.70. The summed E-state index contributed by atoms with van der Waals surface area (Å²) in [6.45, 7) is 2.64. The van der Waals surface area contributed by atoms with Crippen molar-refractivity contribution in [2.24, 2.45) is 0 Å². The number of nitrogens with zero attached hydrogens (tertiary/aromatic N) is 4. The van der Waals surface area contributed by atoms with Gasteiger partial charge in [-0.1, -0.05) is 11.6 Å². The van der Waals surface area contributed by atoms with Crippen LogP contribution in [-0.4, -0.2) is 25.5 Å². The van der Waals surface area contributed by atoms with Crippen molar-refractivity contribution in [2.45, 2.75) is 19.9 Å². The van der Waals surface area contributed by atoms with Gasteiger partial charge in [0.1, 0.15) is 17.3 Å². The van der Waals surface area contributed by atoms with Gasteiger partial charge in [0.15, 0.2) is 5.78 Å². The second-order valence-electron chi connectivity index (χ2n) is 3.46. The zero-order chi connectivity index (χ0) is 12.3. The lowest BCUT2D eigenvalue weighted by atomic mass is 10.1. The molecule has 0 spiro atoms. The molecule has 6 heteroatoms. The van der Waals surface area contributed by atoms with Crippen LogP contribution in [0.5, 0.6) is 0 Å². The standard InChI is InChI=1S/C11H11ClN4O/c1-2-16-11(14-7-15-16)6-9(17)8-3-4-13-10(12)5-8/h3-5,7H,2,6H2,1H3. The highest BCUT2D eigenvalue weighted by Crippen LogP contribution is 2.10. The van der Waals surface area contributed by atoms with Crippen molar-refractivity contribution in [2.75, 3.05) is 0 Å². The number of hydrogen-bond donors (Lipinski definition) is 0.